The Morgan fingerprint density at radius 3 is 2.69 bits per heavy atom. The van der Waals surface area contributed by atoms with Gasteiger partial charge in [-0.05, 0) is 12.0 Å². The van der Waals surface area contributed by atoms with Crippen LogP contribution >= 0.6 is 0 Å². The molecule has 16 heavy (non-hydrogen) atoms. The predicted octanol–water partition coefficient (Wildman–Crippen LogP) is 1.11. The average molecular weight is 217 g/mol. The van der Waals surface area contributed by atoms with Crippen LogP contribution in [-0.4, -0.2) is 34.8 Å². The molecule has 4 nitrogen and oxygen atoms in total. The maximum absolute atomic E-state index is 11.6. The van der Waals surface area contributed by atoms with Gasteiger partial charge in [0, 0.05) is 0 Å². The highest BCUT2D eigenvalue weighted by molar-refractivity contribution is 6.01. The van der Waals surface area contributed by atoms with Gasteiger partial charge in [0.05, 0.1) is 25.2 Å². The number of likely N-dealkylation sites (tertiary alicyclic amines) is 1. The van der Waals surface area contributed by atoms with E-state index in [-0.39, 0.29) is 5.91 Å². The molecule has 0 bridgehead atoms. The average Bonchev–Trinajstić information content (AvgIpc) is 2.26. The largest absolute Gasteiger partial charge is 0.411 e. The van der Waals surface area contributed by atoms with Crippen molar-refractivity contribution in [3.8, 4) is 0 Å². The van der Waals surface area contributed by atoms with Crippen molar-refractivity contribution >= 4 is 11.6 Å². The maximum Gasteiger partial charge on any atom is 0.227 e. The molecular formula is C12H13N2O2. The number of rotatable bonds is 3. The first-order valence-corrected chi connectivity index (χ1v) is 5.15. The van der Waals surface area contributed by atoms with Gasteiger partial charge in [-0.3, -0.25) is 4.79 Å². The van der Waals surface area contributed by atoms with E-state index < -0.39 is 0 Å². The highest BCUT2D eigenvalue weighted by Gasteiger charge is 2.26. The van der Waals surface area contributed by atoms with E-state index in [1.54, 1.807) is 11.3 Å². The minimum atomic E-state index is -0.00347. The van der Waals surface area contributed by atoms with Crippen molar-refractivity contribution in [1.82, 2.24) is 4.90 Å². The van der Waals surface area contributed by atoms with Crippen LogP contribution < -0.4 is 0 Å². The molecule has 4 heteroatoms. The van der Waals surface area contributed by atoms with Gasteiger partial charge in [0.2, 0.25) is 5.91 Å². The molecule has 1 fully saturated rings. The van der Waals surface area contributed by atoms with Crippen molar-refractivity contribution < 1.29 is 10.0 Å². The summed E-state index contributed by atoms with van der Waals surface area (Å²) in [6.07, 6.45) is 2.30. The second kappa shape index (κ2) is 4.79. The predicted molar refractivity (Wildman–Crippen MR) is 60.2 cm³/mol. The molecule has 1 amide bonds. The van der Waals surface area contributed by atoms with Crippen molar-refractivity contribution in [2.75, 3.05) is 13.1 Å². The third kappa shape index (κ3) is 2.39. The van der Waals surface area contributed by atoms with Crippen LogP contribution in [-0.2, 0) is 11.2 Å². The van der Waals surface area contributed by atoms with Crippen LogP contribution in [0.3, 0.4) is 0 Å². The molecule has 1 aromatic carbocycles. The van der Waals surface area contributed by atoms with E-state index in [2.05, 4.69) is 5.16 Å². The summed E-state index contributed by atoms with van der Waals surface area (Å²) in [7, 11) is 0. The van der Waals surface area contributed by atoms with Gasteiger partial charge in [0.1, 0.15) is 0 Å². The van der Waals surface area contributed by atoms with Gasteiger partial charge in [-0.1, -0.05) is 35.5 Å². The summed E-state index contributed by atoms with van der Waals surface area (Å²) < 4.78 is 0. The highest BCUT2D eigenvalue weighted by Crippen LogP contribution is 2.08. The zero-order valence-corrected chi connectivity index (χ0v) is 8.84. The van der Waals surface area contributed by atoms with Gasteiger partial charge >= 0.3 is 0 Å². The molecule has 0 saturated carbocycles. The molecule has 1 heterocycles. The molecule has 0 unspecified atom stereocenters. The minimum Gasteiger partial charge on any atom is -0.411 e. The molecule has 1 N–H and O–H groups in total. The molecule has 1 saturated heterocycles. The molecule has 1 aliphatic heterocycles. The van der Waals surface area contributed by atoms with Gasteiger partial charge in [-0.2, -0.15) is 0 Å². The molecule has 0 atom stereocenters. The normalized spacial score (nSPS) is 14.5. The van der Waals surface area contributed by atoms with Crippen LogP contribution in [0.2, 0.25) is 0 Å². The van der Waals surface area contributed by atoms with Gasteiger partial charge in [0.25, 0.3) is 0 Å². The van der Waals surface area contributed by atoms with E-state index in [0.29, 0.717) is 25.2 Å². The second-order valence-corrected chi connectivity index (χ2v) is 3.75. The summed E-state index contributed by atoms with van der Waals surface area (Å²) >= 11 is 0. The summed E-state index contributed by atoms with van der Waals surface area (Å²) in [5, 5.41) is 11.5. The molecule has 2 rings (SSSR count). The van der Waals surface area contributed by atoms with Crippen LogP contribution in [0, 0.1) is 6.42 Å². The second-order valence-electron chi connectivity index (χ2n) is 3.75. The van der Waals surface area contributed by atoms with Crippen LogP contribution in [0.5, 0.6) is 0 Å². The third-order valence-electron chi connectivity index (χ3n) is 2.56. The zero-order chi connectivity index (χ0) is 11.4. The number of carbonyl (C=O) groups is 1. The lowest BCUT2D eigenvalue weighted by Gasteiger charge is -2.31. The first-order valence-electron chi connectivity index (χ1n) is 5.15. The molecule has 1 aliphatic rings. The zero-order valence-electron chi connectivity index (χ0n) is 8.84. The fourth-order valence-electron chi connectivity index (χ4n) is 1.56. The molecule has 0 aromatic heterocycles. The van der Waals surface area contributed by atoms with Crippen LogP contribution in [0.25, 0.3) is 0 Å². The Labute approximate surface area is 94.2 Å². The Balaban J connectivity index is 1.77. The molecule has 0 aliphatic carbocycles. The minimum absolute atomic E-state index is 0.00347. The summed E-state index contributed by atoms with van der Waals surface area (Å²) in [5.74, 6) is -0.00347. The molecule has 83 valence electrons. The lowest BCUT2D eigenvalue weighted by atomic mass is 10.1. The maximum atomic E-state index is 11.6. The Bertz CT molecular complexity index is 393. The van der Waals surface area contributed by atoms with E-state index in [0.717, 1.165) is 5.56 Å². The fraction of sp³-hybridized carbons (Fsp3) is 0.250. The molecule has 1 aromatic rings. The topological polar surface area (TPSA) is 52.9 Å². The van der Waals surface area contributed by atoms with Crippen LogP contribution in [0.15, 0.2) is 35.5 Å². The number of oxime groups is 1. The summed E-state index contributed by atoms with van der Waals surface area (Å²) in [6, 6.07) is 9.83. The fourth-order valence-corrected chi connectivity index (χ4v) is 1.56. The van der Waals surface area contributed by atoms with Crippen LogP contribution in [0.1, 0.15) is 5.56 Å². The first kappa shape index (κ1) is 10.7. The number of benzene rings is 1. The van der Waals surface area contributed by atoms with Crippen molar-refractivity contribution in [2.24, 2.45) is 5.16 Å². The number of amides is 1. The first-order chi connectivity index (χ1) is 7.79. The highest BCUT2D eigenvalue weighted by atomic mass is 16.4. The lowest BCUT2D eigenvalue weighted by molar-refractivity contribution is -0.127. The number of carbonyl (C=O) groups excluding carboxylic acids is 1. The molecule has 1 radical (unpaired) electrons. The van der Waals surface area contributed by atoms with E-state index in [1.165, 1.54) is 0 Å². The van der Waals surface area contributed by atoms with Gasteiger partial charge < -0.3 is 10.1 Å². The van der Waals surface area contributed by atoms with E-state index in [9.17, 15) is 4.79 Å². The standard InChI is InChI=1S/C12H13N2O2/c15-12(14-8-11(9-14)13-16)7-6-10-4-2-1-3-5-10/h1-5,7,16H,6,8-9H2. The van der Waals surface area contributed by atoms with Crippen LogP contribution in [0.4, 0.5) is 0 Å². The van der Waals surface area contributed by atoms with E-state index >= 15 is 0 Å². The SMILES string of the molecule is O=C([CH]Cc1ccccc1)N1CC(=NO)C1. The Kier molecular flexibility index (Phi) is 3.19. The Hall–Kier alpha value is -1.84. The molecular weight excluding hydrogens is 204 g/mol. The third-order valence-corrected chi connectivity index (χ3v) is 2.56. The van der Waals surface area contributed by atoms with Gasteiger partial charge in [-0.15, -0.1) is 0 Å². The van der Waals surface area contributed by atoms with Crippen molar-refractivity contribution in [3.05, 3.63) is 42.3 Å². The number of hydrogen-bond donors (Lipinski definition) is 1. The van der Waals surface area contributed by atoms with Gasteiger partial charge in [0.15, 0.2) is 0 Å². The summed E-state index contributed by atoms with van der Waals surface area (Å²) in [4.78, 5) is 13.2. The monoisotopic (exact) mass is 217 g/mol. The van der Waals surface area contributed by atoms with E-state index in [4.69, 9.17) is 5.21 Å². The Morgan fingerprint density at radius 1 is 1.38 bits per heavy atom. The Morgan fingerprint density at radius 2 is 2.06 bits per heavy atom. The number of hydrogen-bond acceptors (Lipinski definition) is 3. The lowest BCUT2D eigenvalue weighted by Crippen LogP contribution is -2.50. The van der Waals surface area contributed by atoms with Crippen molar-refractivity contribution in [3.63, 3.8) is 0 Å². The summed E-state index contributed by atoms with van der Waals surface area (Å²) in [6.45, 7) is 0.890. The quantitative estimate of drug-likeness (QED) is 0.609. The summed E-state index contributed by atoms with van der Waals surface area (Å²) in [5.41, 5.74) is 1.77. The van der Waals surface area contributed by atoms with E-state index in [1.807, 2.05) is 30.3 Å². The smallest absolute Gasteiger partial charge is 0.227 e. The van der Waals surface area contributed by atoms with Crippen molar-refractivity contribution in [2.45, 2.75) is 6.42 Å². The van der Waals surface area contributed by atoms with Crippen molar-refractivity contribution in [1.29, 1.82) is 0 Å². The molecule has 0 spiro atoms. The number of nitrogens with zero attached hydrogens (tertiary/aromatic N) is 2. The van der Waals surface area contributed by atoms with Gasteiger partial charge in [-0.25, -0.2) is 0 Å².